The number of carbonyl (C=O) groups is 2. The fraction of sp³-hybridized carbons (Fsp3) is 0.158. The number of halogens is 3. The van der Waals surface area contributed by atoms with Crippen LogP contribution in [0, 0.1) is 11.6 Å². The molecule has 0 spiro atoms. The second kappa shape index (κ2) is 8.36. The summed E-state index contributed by atoms with van der Waals surface area (Å²) in [6.45, 7) is 2.16. The van der Waals surface area contributed by atoms with Gasteiger partial charge in [-0.3, -0.25) is 25.2 Å². The van der Waals surface area contributed by atoms with Crippen LogP contribution in [0.25, 0.3) is 10.8 Å². The van der Waals surface area contributed by atoms with E-state index < -0.39 is 23.4 Å². The number of aromatic nitrogens is 2. The summed E-state index contributed by atoms with van der Waals surface area (Å²) in [5.74, 6) is -4.21. The third-order valence-electron chi connectivity index (χ3n) is 4.06. The molecular weight excluding hydrogens is 406 g/mol. The minimum atomic E-state index is -1.26. The van der Waals surface area contributed by atoms with Gasteiger partial charge in [-0.05, 0) is 24.6 Å². The number of aryl methyl sites for hydroxylation is 1. The van der Waals surface area contributed by atoms with Crippen LogP contribution in [0.3, 0.4) is 0 Å². The van der Waals surface area contributed by atoms with Crippen molar-refractivity contribution in [3.05, 3.63) is 74.7 Å². The number of nitrogens with one attached hydrogen (secondary N) is 2. The molecule has 2 N–H and O–H groups in total. The minimum absolute atomic E-state index is 0.0784. The first-order chi connectivity index (χ1) is 13.8. The molecule has 0 unspecified atom stereocenters. The van der Waals surface area contributed by atoms with Gasteiger partial charge in [-0.25, -0.2) is 13.5 Å². The molecule has 7 nitrogen and oxygen atoms in total. The number of amides is 2. The van der Waals surface area contributed by atoms with E-state index in [1.807, 2.05) is 6.92 Å². The smallest absolute Gasteiger partial charge is 0.267 e. The van der Waals surface area contributed by atoms with Gasteiger partial charge in [-0.15, -0.1) is 0 Å². The maximum atomic E-state index is 13.4. The van der Waals surface area contributed by atoms with Crippen molar-refractivity contribution in [1.82, 2.24) is 20.6 Å². The van der Waals surface area contributed by atoms with E-state index in [0.29, 0.717) is 35.9 Å². The molecule has 0 bridgehead atoms. The summed E-state index contributed by atoms with van der Waals surface area (Å²) in [4.78, 5) is 37.2. The van der Waals surface area contributed by atoms with Gasteiger partial charge in [0.15, 0.2) is 17.3 Å². The lowest BCUT2D eigenvalue weighted by molar-refractivity contribution is 0.0843. The van der Waals surface area contributed by atoms with E-state index in [0.717, 1.165) is 0 Å². The summed E-state index contributed by atoms with van der Waals surface area (Å²) >= 11 is 5.75. The van der Waals surface area contributed by atoms with Crippen molar-refractivity contribution < 1.29 is 18.4 Å². The van der Waals surface area contributed by atoms with Gasteiger partial charge in [0.1, 0.15) is 0 Å². The number of hydrogen-bond acceptors (Lipinski definition) is 4. The van der Waals surface area contributed by atoms with Crippen molar-refractivity contribution in [2.75, 3.05) is 0 Å². The summed E-state index contributed by atoms with van der Waals surface area (Å²) in [5.41, 5.74) is 3.45. The summed E-state index contributed by atoms with van der Waals surface area (Å²) in [5, 5.41) is 4.38. The van der Waals surface area contributed by atoms with Crippen LogP contribution in [-0.4, -0.2) is 21.6 Å². The third-order valence-corrected chi connectivity index (χ3v) is 4.38. The summed E-state index contributed by atoms with van der Waals surface area (Å²) in [6.07, 6.45) is 0.623. The highest BCUT2D eigenvalue weighted by Crippen LogP contribution is 2.20. The number of hydrazine groups is 1. The van der Waals surface area contributed by atoms with Crippen LogP contribution in [0.2, 0.25) is 5.02 Å². The van der Waals surface area contributed by atoms with Crippen molar-refractivity contribution in [1.29, 1.82) is 0 Å². The lowest BCUT2D eigenvalue weighted by atomic mass is 10.1. The molecule has 10 heteroatoms. The second-order valence-corrected chi connectivity index (χ2v) is 6.48. The maximum absolute atomic E-state index is 13.4. The maximum Gasteiger partial charge on any atom is 0.290 e. The van der Waals surface area contributed by atoms with Gasteiger partial charge in [0.05, 0.1) is 16.0 Å². The van der Waals surface area contributed by atoms with Crippen LogP contribution >= 0.6 is 11.6 Å². The van der Waals surface area contributed by atoms with Gasteiger partial charge in [0.2, 0.25) is 0 Å². The Morgan fingerprint density at radius 2 is 1.69 bits per heavy atom. The van der Waals surface area contributed by atoms with Crippen LogP contribution in [0.15, 0.2) is 41.2 Å². The number of nitrogens with zero attached hydrogens (tertiary/aromatic N) is 2. The normalized spacial score (nSPS) is 10.8. The molecule has 1 aromatic heterocycles. The molecule has 29 heavy (non-hydrogen) atoms. The number of carbonyl (C=O) groups excluding carboxylic acids is 2. The lowest BCUT2D eigenvalue weighted by Crippen LogP contribution is -2.43. The van der Waals surface area contributed by atoms with Crippen LogP contribution in [0.1, 0.15) is 34.2 Å². The number of rotatable bonds is 4. The monoisotopic (exact) mass is 420 g/mol. The topological polar surface area (TPSA) is 93.1 Å². The molecule has 0 radical (unpaired) electrons. The SMILES string of the molecule is CCCn1nc(C(=O)NNC(=O)c2cc(F)c(F)cc2Cl)c2ccccc2c1=O. The molecule has 1 heterocycles. The van der Waals surface area contributed by atoms with Crippen molar-refractivity contribution in [3.8, 4) is 0 Å². The Kier molecular flexibility index (Phi) is 5.88. The minimum Gasteiger partial charge on any atom is -0.267 e. The highest BCUT2D eigenvalue weighted by atomic mass is 35.5. The Bertz CT molecular complexity index is 1180. The van der Waals surface area contributed by atoms with Crippen molar-refractivity contribution in [3.63, 3.8) is 0 Å². The van der Waals surface area contributed by atoms with Crippen LogP contribution in [-0.2, 0) is 6.54 Å². The zero-order valence-corrected chi connectivity index (χ0v) is 15.9. The van der Waals surface area contributed by atoms with Gasteiger partial charge in [-0.1, -0.05) is 36.7 Å². The molecule has 0 aliphatic rings. The highest BCUT2D eigenvalue weighted by Gasteiger charge is 2.19. The van der Waals surface area contributed by atoms with E-state index >= 15 is 0 Å². The van der Waals surface area contributed by atoms with Crippen molar-refractivity contribution in [2.24, 2.45) is 0 Å². The average molecular weight is 421 g/mol. The lowest BCUT2D eigenvalue weighted by Gasteiger charge is -2.12. The van der Waals surface area contributed by atoms with Gasteiger partial charge in [0.25, 0.3) is 17.4 Å². The van der Waals surface area contributed by atoms with Gasteiger partial charge >= 0.3 is 0 Å². The molecule has 0 aliphatic heterocycles. The van der Waals surface area contributed by atoms with E-state index in [-0.39, 0.29) is 21.8 Å². The molecule has 0 saturated heterocycles. The molecule has 3 rings (SSSR count). The third kappa shape index (κ3) is 4.09. The first kappa shape index (κ1) is 20.4. The molecule has 150 valence electrons. The molecule has 2 aromatic carbocycles. The standard InChI is InChI=1S/C19H15ClF2N4O3/c1-2-7-26-19(29)11-6-4-3-5-10(11)16(25-26)18(28)24-23-17(27)12-8-14(21)15(22)9-13(12)20/h3-6,8-9H,2,7H2,1H3,(H,23,27)(H,24,28). The Labute approximate surface area is 168 Å². The molecule has 3 aromatic rings. The number of hydrogen-bond donors (Lipinski definition) is 2. The predicted octanol–water partition coefficient (Wildman–Crippen LogP) is 2.81. The molecule has 0 aliphatic carbocycles. The molecule has 0 saturated carbocycles. The first-order valence-corrected chi connectivity index (χ1v) is 8.96. The quantitative estimate of drug-likeness (QED) is 0.501. The Morgan fingerprint density at radius 1 is 1.07 bits per heavy atom. The molecule has 2 amide bonds. The Morgan fingerprint density at radius 3 is 2.38 bits per heavy atom. The zero-order valence-electron chi connectivity index (χ0n) is 15.1. The Balaban J connectivity index is 1.89. The van der Waals surface area contributed by atoms with Gasteiger partial charge in [0, 0.05) is 11.9 Å². The van der Waals surface area contributed by atoms with Crippen LogP contribution in [0.5, 0.6) is 0 Å². The van der Waals surface area contributed by atoms with Crippen LogP contribution in [0.4, 0.5) is 8.78 Å². The largest absolute Gasteiger partial charge is 0.290 e. The number of benzene rings is 2. The first-order valence-electron chi connectivity index (χ1n) is 8.58. The van der Waals surface area contributed by atoms with Crippen molar-refractivity contribution in [2.45, 2.75) is 19.9 Å². The second-order valence-electron chi connectivity index (χ2n) is 6.08. The predicted molar refractivity (Wildman–Crippen MR) is 103 cm³/mol. The van der Waals surface area contributed by atoms with Crippen LogP contribution < -0.4 is 16.4 Å². The molecular formula is C19H15ClF2N4O3. The van der Waals surface area contributed by atoms with E-state index in [1.165, 1.54) is 4.68 Å². The van der Waals surface area contributed by atoms with E-state index in [9.17, 15) is 23.2 Å². The van der Waals surface area contributed by atoms with E-state index in [1.54, 1.807) is 24.3 Å². The fourth-order valence-corrected chi connectivity index (χ4v) is 2.94. The van der Waals surface area contributed by atoms with Gasteiger partial charge < -0.3 is 0 Å². The van der Waals surface area contributed by atoms with E-state index in [4.69, 9.17) is 11.6 Å². The zero-order chi connectivity index (χ0) is 21.1. The Hall–Kier alpha value is -3.33. The summed E-state index contributed by atoms with van der Waals surface area (Å²) in [7, 11) is 0. The van der Waals surface area contributed by atoms with Crippen molar-refractivity contribution >= 4 is 34.2 Å². The van der Waals surface area contributed by atoms with E-state index in [2.05, 4.69) is 16.0 Å². The summed E-state index contributed by atoms with van der Waals surface area (Å²) in [6, 6.07) is 7.71. The average Bonchev–Trinajstić information content (AvgIpc) is 2.71. The number of fused-ring (bicyclic) bond motifs is 1. The fourth-order valence-electron chi connectivity index (χ4n) is 2.70. The molecule has 0 fully saturated rings. The highest BCUT2D eigenvalue weighted by molar-refractivity contribution is 6.33. The molecule has 0 atom stereocenters. The summed E-state index contributed by atoms with van der Waals surface area (Å²) < 4.78 is 27.7. The van der Waals surface area contributed by atoms with Gasteiger partial charge in [-0.2, -0.15) is 5.10 Å².